The van der Waals surface area contributed by atoms with Crippen molar-refractivity contribution in [3.8, 4) is 0 Å². The van der Waals surface area contributed by atoms with Gasteiger partial charge in [0.25, 0.3) is 0 Å². The Morgan fingerprint density at radius 2 is 2.10 bits per heavy atom. The predicted octanol–water partition coefficient (Wildman–Crippen LogP) is 1.96. The normalized spacial score (nSPS) is 13.5. The Bertz CT molecular complexity index is 66.3. The lowest BCUT2D eigenvalue weighted by atomic mass is 10.1. The van der Waals surface area contributed by atoms with Gasteiger partial charge in [0.05, 0.1) is 6.61 Å². The minimum Gasteiger partial charge on any atom is -0.302 e. The Balaban J connectivity index is 2.97. The largest absolute Gasteiger partial charge is 0.302 e. The summed E-state index contributed by atoms with van der Waals surface area (Å²) < 4.78 is 0. The molecule has 0 rings (SSSR count). The molecule has 0 aromatic rings. The first-order chi connectivity index (χ1) is 4.81. The van der Waals surface area contributed by atoms with Gasteiger partial charge in [0.15, 0.2) is 0 Å². The summed E-state index contributed by atoms with van der Waals surface area (Å²) in [5.41, 5.74) is 2.92. The summed E-state index contributed by atoms with van der Waals surface area (Å²) in [4.78, 5) is 5.00. The zero-order chi connectivity index (χ0) is 7.82. The molecule has 0 aliphatic rings. The molecule has 1 N–H and O–H groups in total. The third kappa shape index (κ3) is 6.05. The number of hydroxylamine groups is 1. The highest BCUT2D eigenvalue weighted by atomic mass is 16.6. The first-order valence-electron chi connectivity index (χ1n) is 4.15. The Morgan fingerprint density at radius 1 is 1.40 bits per heavy atom. The van der Waals surface area contributed by atoms with E-state index in [1.54, 1.807) is 0 Å². The van der Waals surface area contributed by atoms with Crippen LogP contribution in [0.3, 0.4) is 0 Å². The van der Waals surface area contributed by atoms with Gasteiger partial charge in [-0.15, -0.1) is 0 Å². The molecule has 0 fully saturated rings. The van der Waals surface area contributed by atoms with E-state index in [1.165, 1.54) is 12.8 Å². The Labute approximate surface area is 63.9 Å². The van der Waals surface area contributed by atoms with Crippen LogP contribution in [0, 0.1) is 5.92 Å². The number of nitrogens with one attached hydrogen (secondary N) is 1. The summed E-state index contributed by atoms with van der Waals surface area (Å²) in [6.07, 6.45) is 2.54. The third-order valence-electron chi connectivity index (χ3n) is 1.46. The quantitative estimate of drug-likeness (QED) is 0.455. The van der Waals surface area contributed by atoms with Crippen LogP contribution < -0.4 is 5.48 Å². The van der Waals surface area contributed by atoms with Crippen molar-refractivity contribution in [2.45, 2.75) is 33.6 Å². The van der Waals surface area contributed by atoms with Crippen molar-refractivity contribution < 1.29 is 4.84 Å². The van der Waals surface area contributed by atoms with Crippen LogP contribution in [0.5, 0.6) is 0 Å². The van der Waals surface area contributed by atoms with Crippen molar-refractivity contribution in [1.82, 2.24) is 5.48 Å². The van der Waals surface area contributed by atoms with Crippen molar-refractivity contribution in [2.24, 2.45) is 5.92 Å². The van der Waals surface area contributed by atoms with E-state index in [9.17, 15) is 0 Å². The van der Waals surface area contributed by atoms with E-state index in [4.69, 9.17) is 4.84 Å². The number of rotatable bonds is 6. The maximum absolute atomic E-state index is 5.00. The van der Waals surface area contributed by atoms with Crippen LogP contribution in [-0.2, 0) is 4.84 Å². The number of hydrogen-bond donors (Lipinski definition) is 1. The van der Waals surface area contributed by atoms with Gasteiger partial charge in [-0.05, 0) is 19.3 Å². The van der Waals surface area contributed by atoms with E-state index in [1.807, 2.05) is 6.92 Å². The summed E-state index contributed by atoms with van der Waals surface area (Å²) in [7, 11) is 0. The van der Waals surface area contributed by atoms with Crippen LogP contribution in [0.2, 0.25) is 0 Å². The molecule has 0 radical (unpaired) electrons. The molecule has 0 spiro atoms. The first kappa shape index (κ1) is 9.92. The van der Waals surface area contributed by atoms with Gasteiger partial charge in [-0.1, -0.05) is 20.3 Å². The average molecular weight is 145 g/mol. The standard InChI is InChI=1S/C8H19NO/c1-4-6-8(3)7-9-10-5-2/h8-9H,4-7H2,1-3H3. The van der Waals surface area contributed by atoms with Crippen molar-refractivity contribution in [1.29, 1.82) is 0 Å². The lowest BCUT2D eigenvalue weighted by Crippen LogP contribution is -2.21. The molecule has 10 heavy (non-hydrogen) atoms. The van der Waals surface area contributed by atoms with Crippen molar-refractivity contribution >= 4 is 0 Å². The molecule has 0 aliphatic carbocycles. The molecule has 2 nitrogen and oxygen atoms in total. The lowest BCUT2D eigenvalue weighted by Gasteiger charge is -2.09. The van der Waals surface area contributed by atoms with E-state index in [-0.39, 0.29) is 0 Å². The summed E-state index contributed by atoms with van der Waals surface area (Å²) in [5, 5.41) is 0. The molecule has 0 heterocycles. The van der Waals surface area contributed by atoms with Crippen LogP contribution >= 0.6 is 0 Å². The molecule has 0 aromatic carbocycles. The van der Waals surface area contributed by atoms with Gasteiger partial charge in [0.2, 0.25) is 0 Å². The monoisotopic (exact) mass is 145 g/mol. The molecule has 0 aromatic heterocycles. The molecular weight excluding hydrogens is 126 g/mol. The van der Waals surface area contributed by atoms with Crippen LogP contribution in [-0.4, -0.2) is 13.2 Å². The summed E-state index contributed by atoms with van der Waals surface area (Å²) in [5.74, 6) is 0.733. The van der Waals surface area contributed by atoms with E-state index < -0.39 is 0 Å². The maximum Gasteiger partial charge on any atom is 0.0653 e. The van der Waals surface area contributed by atoms with Gasteiger partial charge < -0.3 is 4.84 Å². The smallest absolute Gasteiger partial charge is 0.0653 e. The van der Waals surface area contributed by atoms with E-state index in [0.29, 0.717) is 0 Å². The van der Waals surface area contributed by atoms with Crippen molar-refractivity contribution in [2.75, 3.05) is 13.2 Å². The van der Waals surface area contributed by atoms with Gasteiger partial charge in [-0.2, -0.15) is 0 Å². The minimum absolute atomic E-state index is 0.733. The summed E-state index contributed by atoms with van der Waals surface area (Å²) >= 11 is 0. The van der Waals surface area contributed by atoms with E-state index >= 15 is 0 Å². The van der Waals surface area contributed by atoms with Gasteiger partial charge in [-0.25, -0.2) is 5.48 Å². The average Bonchev–Trinajstić information content (AvgIpc) is 1.89. The summed E-state index contributed by atoms with van der Waals surface area (Å²) in [6.45, 7) is 8.14. The topological polar surface area (TPSA) is 21.3 Å². The van der Waals surface area contributed by atoms with E-state index in [2.05, 4.69) is 19.3 Å². The Morgan fingerprint density at radius 3 is 2.60 bits per heavy atom. The fourth-order valence-electron chi connectivity index (χ4n) is 0.898. The highest BCUT2D eigenvalue weighted by Crippen LogP contribution is 2.02. The van der Waals surface area contributed by atoms with Crippen LogP contribution in [0.25, 0.3) is 0 Å². The van der Waals surface area contributed by atoms with Gasteiger partial charge >= 0.3 is 0 Å². The highest BCUT2D eigenvalue weighted by molar-refractivity contribution is 4.50. The molecule has 0 saturated heterocycles. The van der Waals surface area contributed by atoms with E-state index in [0.717, 1.165) is 19.1 Å². The third-order valence-corrected chi connectivity index (χ3v) is 1.46. The van der Waals surface area contributed by atoms with Crippen LogP contribution in [0.1, 0.15) is 33.6 Å². The highest BCUT2D eigenvalue weighted by Gasteiger charge is 1.97. The zero-order valence-corrected chi connectivity index (χ0v) is 7.31. The second kappa shape index (κ2) is 7.03. The maximum atomic E-state index is 5.00. The van der Waals surface area contributed by atoms with Crippen molar-refractivity contribution in [3.63, 3.8) is 0 Å². The fourth-order valence-corrected chi connectivity index (χ4v) is 0.898. The Kier molecular flexibility index (Phi) is 6.98. The summed E-state index contributed by atoms with van der Waals surface area (Å²) in [6, 6.07) is 0. The Hall–Kier alpha value is -0.0800. The second-order valence-electron chi connectivity index (χ2n) is 2.68. The molecule has 2 heteroatoms. The SMILES string of the molecule is CCCC(C)CNOCC. The molecule has 0 saturated carbocycles. The molecule has 0 bridgehead atoms. The second-order valence-corrected chi connectivity index (χ2v) is 2.68. The molecule has 0 amide bonds. The number of hydrogen-bond acceptors (Lipinski definition) is 2. The van der Waals surface area contributed by atoms with Crippen LogP contribution in [0.15, 0.2) is 0 Å². The molecule has 62 valence electrons. The molecule has 0 aliphatic heterocycles. The molecule has 1 atom stereocenters. The minimum atomic E-state index is 0.733. The fraction of sp³-hybridized carbons (Fsp3) is 1.00. The van der Waals surface area contributed by atoms with Gasteiger partial charge in [0, 0.05) is 6.54 Å². The van der Waals surface area contributed by atoms with Crippen molar-refractivity contribution in [3.05, 3.63) is 0 Å². The predicted molar refractivity (Wildman–Crippen MR) is 43.7 cm³/mol. The zero-order valence-electron chi connectivity index (χ0n) is 7.31. The van der Waals surface area contributed by atoms with Gasteiger partial charge in [-0.3, -0.25) is 0 Å². The first-order valence-corrected chi connectivity index (χ1v) is 4.15. The van der Waals surface area contributed by atoms with Gasteiger partial charge in [0.1, 0.15) is 0 Å². The lowest BCUT2D eigenvalue weighted by molar-refractivity contribution is 0.0422. The molecule has 1 unspecified atom stereocenters. The van der Waals surface area contributed by atoms with Crippen LogP contribution in [0.4, 0.5) is 0 Å². The molecular formula is C8H19NO.